The first-order valence-electron chi connectivity index (χ1n) is 16.4. The number of esters is 2. The van der Waals surface area contributed by atoms with Gasteiger partial charge in [0.1, 0.15) is 12.7 Å². The molecule has 0 saturated heterocycles. The summed E-state index contributed by atoms with van der Waals surface area (Å²) >= 11 is 0. The molecule has 2 N–H and O–H groups in total. The van der Waals surface area contributed by atoms with Crippen molar-refractivity contribution < 1.29 is 29.3 Å². The molecule has 41 heavy (non-hydrogen) atoms. The summed E-state index contributed by atoms with van der Waals surface area (Å²) in [7, 11) is 0. The number of cyclic esters (lactones) is 1. The van der Waals surface area contributed by atoms with Crippen molar-refractivity contribution in [3.8, 4) is 11.8 Å². The summed E-state index contributed by atoms with van der Waals surface area (Å²) in [5, 5.41) is 25.8. The van der Waals surface area contributed by atoms with Gasteiger partial charge in [-0.25, -0.2) is 4.79 Å². The van der Waals surface area contributed by atoms with Crippen LogP contribution in [-0.2, 0) is 19.1 Å². The number of fused-ring (bicyclic) bond motifs is 4. The maximum Gasteiger partial charge on any atom is 0.331 e. The second-order valence-corrected chi connectivity index (χ2v) is 14.8. The maximum absolute atomic E-state index is 13.5. The first-order chi connectivity index (χ1) is 19.4. The molecule has 5 aliphatic rings. The molecule has 228 valence electrons. The molecule has 5 rings (SSSR count). The molecule has 7 atom stereocenters. The van der Waals surface area contributed by atoms with Crippen LogP contribution in [0.25, 0.3) is 0 Å². The molecule has 0 amide bonds. The molecular weight excluding hydrogens is 516 g/mol. The first-order valence-corrected chi connectivity index (χ1v) is 16.4. The van der Waals surface area contributed by atoms with Gasteiger partial charge in [0.25, 0.3) is 0 Å². The van der Waals surface area contributed by atoms with Crippen LogP contribution in [0.3, 0.4) is 0 Å². The fourth-order valence-electron chi connectivity index (χ4n) is 10.0. The standard InChI is InChI=1S/C35H52O6/c1-24(2)11-10-18-34-28(36)16-19-33(4,26-12-6-5-7-13-26)31(34)27-22-32(3,17-9-8-14-29(37)41-27)35(34,39)20-15-25-21-30(38)40-23-25/h21,24,26-28,31,36,39H,5-8,10-16,18-20,22-23H2,1-4H3. The second kappa shape index (κ2) is 11.7. The highest BCUT2D eigenvalue weighted by atomic mass is 16.5. The van der Waals surface area contributed by atoms with E-state index < -0.39 is 28.6 Å². The number of ether oxygens (including phenoxy) is 2. The summed E-state index contributed by atoms with van der Waals surface area (Å²) in [4.78, 5) is 25.1. The largest absolute Gasteiger partial charge is 0.462 e. The van der Waals surface area contributed by atoms with E-state index in [1.807, 2.05) is 6.92 Å². The van der Waals surface area contributed by atoms with Crippen LogP contribution < -0.4 is 0 Å². The van der Waals surface area contributed by atoms with Gasteiger partial charge in [-0.1, -0.05) is 58.8 Å². The van der Waals surface area contributed by atoms with Gasteiger partial charge in [0, 0.05) is 30.3 Å². The maximum atomic E-state index is 13.5. The van der Waals surface area contributed by atoms with Gasteiger partial charge >= 0.3 is 11.9 Å². The molecule has 7 unspecified atom stereocenters. The van der Waals surface area contributed by atoms with E-state index in [0.717, 1.165) is 37.7 Å². The van der Waals surface area contributed by atoms with Crippen LogP contribution in [0.15, 0.2) is 11.6 Å². The highest BCUT2D eigenvalue weighted by Crippen LogP contribution is 2.71. The molecule has 2 aliphatic heterocycles. The molecule has 3 fully saturated rings. The van der Waals surface area contributed by atoms with Crippen molar-refractivity contribution in [3.05, 3.63) is 11.6 Å². The Balaban J connectivity index is 1.70. The van der Waals surface area contributed by atoms with Crippen molar-refractivity contribution in [1.29, 1.82) is 0 Å². The van der Waals surface area contributed by atoms with E-state index in [1.165, 1.54) is 19.3 Å². The molecule has 2 bridgehead atoms. The monoisotopic (exact) mass is 568 g/mol. The fraction of sp³-hybridized carbons (Fsp3) is 0.829. The van der Waals surface area contributed by atoms with Crippen LogP contribution in [0.4, 0.5) is 0 Å². The van der Waals surface area contributed by atoms with Crippen LogP contribution in [0.2, 0.25) is 0 Å². The number of aliphatic hydroxyl groups is 2. The Hall–Kier alpha value is -1.84. The van der Waals surface area contributed by atoms with Gasteiger partial charge < -0.3 is 19.7 Å². The predicted molar refractivity (Wildman–Crippen MR) is 157 cm³/mol. The average Bonchev–Trinajstić information content (AvgIpc) is 3.37. The quantitative estimate of drug-likeness (QED) is 0.265. The van der Waals surface area contributed by atoms with E-state index in [4.69, 9.17) is 9.47 Å². The molecule has 0 spiro atoms. The Morgan fingerprint density at radius 2 is 1.85 bits per heavy atom. The van der Waals surface area contributed by atoms with Crippen molar-refractivity contribution in [2.45, 2.75) is 142 Å². The number of aliphatic hydroxyl groups excluding tert-OH is 1. The third kappa shape index (κ3) is 5.29. The Morgan fingerprint density at radius 1 is 1.10 bits per heavy atom. The van der Waals surface area contributed by atoms with Gasteiger partial charge in [-0.05, 0) is 74.7 Å². The normalized spacial score (nSPS) is 41.2. The molecule has 0 aromatic rings. The molecule has 6 heteroatoms. The minimum absolute atomic E-state index is 0.175. The average molecular weight is 569 g/mol. The minimum atomic E-state index is -1.34. The van der Waals surface area contributed by atoms with E-state index >= 15 is 0 Å². The highest BCUT2D eigenvalue weighted by molar-refractivity contribution is 5.85. The number of rotatable bonds is 8. The summed E-state index contributed by atoms with van der Waals surface area (Å²) in [5.41, 5.74) is -2.42. The minimum Gasteiger partial charge on any atom is -0.462 e. The lowest BCUT2D eigenvalue weighted by Gasteiger charge is -2.71. The van der Waals surface area contributed by atoms with Crippen LogP contribution >= 0.6 is 0 Å². The molecular formula is C35H52O6. The van der Waals surface area contributed by atoms with Gasteiger partial charge in [0.15, 0.2) is 0 Å². The third-order valence-electron chi connectivity index (χ3n) is 12.0. The van der Waals surface area contributed by atoms with Crippen LogP contribution in [0.5, 0.6) is 0 Å². The fourth-order valence-corrected chi connectivity index (χ4v) is 10.0. The van der Waals surface area contributed by atoms with Crippen molar-refractivity contribution >= 4 is 11.9 Å². The van der Waals surface area contributed by atoms with E-state index in [0.29, 0.717) is 50.4 Å². The van der Waals surface area contributed by atoms with Crippen LogP contribution in [0.1, 0.15) is 124 Å². The summed E-state index contributed by atoms with van der Waals surface area (Å²) in [6.45, 7) is 9.12. The van der Waals surface area contributed by atoms with Gasteiger partial charge in [-0.15, -0.1) is 5.92 Å². The molecule has 0 radical (unpaired) electrons. The molecule has 2 heterocycles. The lowest BCUT2D eigenvalue weighted by molar-refractivity contribution is -0.314. The third-order valence-corrected chi connectivity index (χ3v) is 12.0. The predicted octanol–water partition coefficient (Wildman–Crippen LogP) is 6.27. The number of carbonyl (C=O) groups is 2. The van der Waals surface area contributed by atoms with Crippen molar-refractivity contribution in [2.75, 3.05) is 6.61 Å². The van der Waals surface area contributed by atoms with Crippen LogP contribution in [-0.4, -0.2) is 46.6 Å². The van der Waals surface area contributed by atoms with E-state index in [2.05, 4.69) is 32.6 Å². The Labute approximate surface area is 247 Å². The summed E-state index contributed by atoms with van der Waals surface area (Å²) < 4.78 is 11.7. The van der Waals surface area contributed by atoms with Gasteiger partial charge in [0.05, 0.1) is 23.5 Å². The zero-order chi connectivity index (χ0) is 29.5. The zero-order valence-electron chi connectivity index (χ0n) is 25.8. The second-order valence-electron chi connectivity index (χ2n) is 14.8. The molecule has 0 aromatic carbocycles. The topological polar surface area (TPSA) is 93.1 Å². The van der Waals surface area contributed by atoms with Crippen molar-refractivity contribution in [1.82, 2.24) is 0 Å². The summed E-state index contributed by atoms with van der Waals surface area (Å²) in [6, 6.07) is 0. The van der Waals surface area contributed by atoms with Crippen LogP contribution in [0, 0.1) is 45.8 Å². The van der Waals surface area contributed by atoms with Gasteiger partial charge in [0.2, 0.25) is 0 Å². The Morgan fingerprint density at radius 3 is 2.54 bits per heavy atom. The van der Waals surface area contributed by atoms with Gasteiger partial charge in [-0.3, -0.25) is 4.79 Å². The Kier molecular flexibility index (Phi) is 8.72. The van der Waals surface area contributed by atoms with Gasteiger partial charge in [-0.2, -0.15) is 0 Å². The highest BCUT2D eigenvalue weighted by Gasteiger charge is 2.75. The molecule has 6 nitrogen and oxygen atoms in total. The van der Waals surface area contributed by atoms with Crippen molar-refractivity contribution in [3.63, 3.8) is 0 Å². The van der Waals surface area contributed by atoms with E-state index in [-0.39, 0.29) is 36.3 Å². The summed E-state index contributed by atoms with van der Waals surface area (Å²) in [5.74, 6) is 6.98. The number of hydrogen-bond donors (Lipinski definition) is 2. The molecule has 3 saturated carbocycles. The number of carbonyl (C=O) groups excluding carboxylic acids is 2. The SMILES string of the molecule is CC(C)CCCC12C(O)CCC(C)(C3CCCCC3)C1C1CC(C)(C#CCCC(=O)O1)C2(O)CCC1=CC(=O)OC1. The molecule has 0 aromatic heterocycles. The lowest BCUT2D eigenvalue weighted by Crippen LogP contribution is -2.76. The first kappa shape index (κ1) is 30.6. The van der Waals surface area contributed by atoms with Crippen molar-refractivity contribution in [2.24, 2.45) is 34.0 Å². The molecule has 3 aliphatic carbocycles. The Bertz CT molecular complexity index is 1090. The summed E-state index contributed by atoms with van der Waals surface area (Å²) in [6.07, 6.45) is 12.4. The van der Waals surface area contributed by atoms with E-state index in [9.17, 15) is 19.8 Å². The van der Waals surface area contributed by atoms with E-state index in [1.54, 1.807) is 6.08 Å². The zero-order valence-corrected chi connectivity index (χ0v) is 25.8. The lowest BCUT2D eigenvalue weighted by atomic mass is 9.35. The number of hydrogen-bond acceptors (Lipinski definition) is 6. The smallest absolute Gasteiger partial charge is 0.331 e.